The van der Waals surface area contributed by atoms with Crippen LogP contribution in [0.25, 0.3) is 0 Å². The van der Waals surface area contributed by atoms with Crippen LogP contribution in [0, 0.1) is 5.82 Å². The van der Waals surface area contributed by atoms with E-state index < -0.39 is 30.2 Å². The molecule has 1 heterocycles. The molecule has 0 aliphatic carbocycles. The van der Waals surface area contributed by atoms with Gasteiger partial charge in [-0.3, -0.25) is 9.78 Å². The molecule has 3 nitrogen and oxygen atoms in total. The number of aromatic nitrogens is 1. The molecule has 0 fully saturated rings. The molecule has 17 heavy (non-hydrogen) atoms. The maximum Gasteiger partial charge on any atom is 0.310 e. The lowest BCUT2D eigenvalue weighted by molar-refractivity contribution is -0.139. The van der Waals surface area contributed by atoms with Gasteiger partial charge in [-0.15, -0.1) is 0 Å². The van der Waals surface area contributed by atoms with Crippen molar-refractivity contribution in [3.8, 4) is 0 Å². The van der Waals surface area contributed by atoms with Gasteiger partial charge >= 0.3 is 5.97 Å². The number of halogens is 4. The lowest BCUT2D eigenvalue weighted by Gasteiger charge is -2.10. The Morgan fingerprint density at radius 3 is 2.71 bits per heavy atom. The number of carbonyl (C=O) groups excluding carboxylic acids is 1. The number of pyridine rings is 1. The molecule has 1 rings (SSSR count). The smallest absolute Gasteiger partial charge is 0.310 e. The Morgan fingerprint density at radius 1 is 1.59 bits per heavy atom. The van der Waals surface area contributed by atoms with Gasteiger partial charge in [-0.1, -0.05) is 15.9 Å². The SMILES string of the molecule is COC(=O)Cc1cnc(CBr)c(C(F)F)c1F. The van der Waals surface area contributed by atoms with Crippen molar-refractivity contribution in [2.45, 2.75) is 18.2 Å². The molecule has 0 aliphatic heterocycles. The summed E-state index contributed by atoms with van der Waals surface area (Å²) >= 11 is 2.95. The van der Waals surface area contributed by atoms with Crippen molar-refractivity contribution in [3.63, 3.8) is 0 Å². The van der Waals surface area contributed by atoms with Gasteiger partial charge in [0.2, 0.25) is 0 Å². The van der Waals surface area contributed by atoms with Crippen LogP contribution >= 0.6 is 15.9 Å². The summed E-state index contributed by atoms with van der Waals surface area (Å²) in [6, 6.07) is 0. The Morgan fingerprint density at radius 2 is 2.24 bits per heavy atom. The normalized spacial score (nSPS) is 10.7. The second kappa shape index (κ2) is 6.00. The first kappa shape index (κ1) is 14.0. The topological polar surface area (TPSA) is 39.2 Å². The van der Waals surface area contributed by atoms with Crippen LogP contribution in [0.2, 0.25) is 0 Å². The van der Waals surface area contributed by atoms with Crippen LogP contribution in [0.1, 0.15) is 23.2 Å². The standard InChI is InChI=1S/C10H9BrF3NO2/c1-17-7(16)2-5-4-15-6(3-11)8(9(5)12)10(13)14/h4,10H,2-3H2,1H3. The molecule has 1 aromatic rings. The third kappa shape index (κ3) is 3.18. The zero-order valence-electron chi connectivity index (χ0n) is 8.84. The van der Waals surface area contributed by atoms with E-state index in [1.54, 1.807) is 0 Å². The Bertz CT molecular complexity index is 426. The van der Waals surface area contributed by atoms with E-state index in [4.69, 9.17) is 0 Å². The monoisotopic (exact) mass is 311 g/mol. The summed E-state index contributed by atoms with van der Waals surface area (Å²) in [5.74, 6) is -1.81. The van der Waals surface area contributed by atoms with Gasteiger partial charge in [-0.05, 0) is 0 Å². The van der Waals surface area contributed by atoms with Gasteiger partial charge in [-0.2, -0.15) is 0 Å². The minimum absolute atomic E-state index is 0.0160. The highest BCUT2D eigenvalue weighted by Gasteiger charge is 2.23. The average molecular weight is 312 g/mol. The highest BCUT2D eigenvalue weighted by Crippen LogP contribution is 2.28. The van der Waals surface area contributed by atoms with Crippen LogP contribution < -0.4 is 0 Å². The van der Waals surface area contributed by atoms with E-state index in [1.165, 1.54) is 0 Å². The Hall–Kier alpha value is -1.11. The van der Waals surface area contributed by atoms with E-state index >= 15 is 0 Å². The van der Waals surface area contributed by atoms with Crippen molar-refractivity contribution in [1.29, 1.82) is 0 Å². The number of ether oxygens (including phenoxy) is 1. The molecule has 0 atom stereocenters. The molecule has 0 bridgehead atoms. The number of hydrogen-bond acceptors (Lipinski definition) is 3. The van der Waals surface area contributed by atoms with Crippen LogP contribution in [0.5, 0.6) is 0 Å². The maximum atomic E-state index is 13.7. The molecule has 0 N–H and O–H groups in total. The number of nitrogens with zero attached hydrogens (tertiary/aromatic N) is 1. The van der Waals surface area contributed by atoms with Crippen molar-refractivity contribution in [3.05, 3.63) is 28.8 Å². The molecule has 0 aromatic carbocycles. The average Bonchev–Trinajstić information content (AvgIpc) is 2.30. The molecule has 0 aliphatic rings. The zero-order chi connectivity index (χ0) is 13.0. The van der Waals surface area contributed by atoms with Crippen molar-refractivity contribution < 1.29 is 22.7 Å². The Labute approximate surface area is 104 Å². The lowest BCUT2D eigenvalue weighted by Crippen LogP contribution is -2.10. The first-order valence-corrected chi connectivity index (χ1v) is 5.70. The largest absolute Gasteiger partial charge is 0.469 e. The molecule has 0 saturated carbocycles. The number of hydrogen-bond donors (Lipinski definition) is 0. The van der Waals surface area contributed by atoms with Crippen LogP contribution in [-0.4, -0.2) is 18.1 Å². The Balaban J connectivity index is 3.18. The summed E-state index contributed by atoms with van der Waals surface area (Å²) in [6.45, 7) is 0. The van der Waals surface area contributed by atoms with E-state index in [1.807, 2.05) is 0 Å². The van der Waals surface area contributed by atoms with Gasteiger partial charge < -0.3 is 4.74 Å². The minimum Gasteiger partial charge on any atom is -0.469 e. The number of esters is 1. The summed E-state index contributed by atoms with van der Waals surface area (Å²) in [5.41, 5.74) is -1.05. The van der Waals surface area contributed by atoms with Crippen LogP contribution in [-0.2, 0) is 21.3 Å². The fourth-order valence-electron chi connectivity index (χ4n) is 1.26. The van der Waals surface area contributed by atoms with Gasteiger partial charge in [0, 0.05) is 17.1 Å². The second-order valence-electron chi connectivity index (χ2n) is 3.15. The number of rotatable bonds is 4. The van der Waals surface area contributed by atoms with E-state index in [2.05, 4.69) is 25.7 Å². The molecule has 94 valence electrons. The zero-order valence-corrected chi connectivity index (χ0v) is 10.4. The summed E-state index contributed by atoms with van der Waals surface area (Å²) < 4.78 is 43.4. The number of methoxy groups -OCH3 is 1. The Kier molecular flexibility index (Phi) is 4.92. The van der Waals surface area contributed by atoms with E-state index in [9.17, 15) is 18.0 Å². The molecule has 0 radical (unpaired) electrons. The summed E-state index contributed by atoms with van der Waals surface area (Å²) in [7, 11) is 1.13. The van der Waals surface area contributed by atoms with Crippen molar-refractivity contribution >= 4 is 21.9 Å². The van der Waals surface area contributed by atoms with Gasteiger partial charge in [0.15, 0.2) is 0 Å². The molecule has 0 amide bonds. The van der Waals surface area contributed by atoms with Crippen molar-refractivity contribution in [1.82, 2.24) is 4.98 Å². The first-order chi connectivity index (χ1) is 8.01. The molecule has 1 aromatic heterocycles. The lowest BCUT2D eigenvalue weighted by atomic mass is 10.1. The van der Waals surface area contributed by atoms with Crippen LogP contribution in [0.15, 0.2) is 6.20 Å². The van der Waals surface area contributed by atoms with Crippen LogP contribution in [0.4, 0.5) is 13.2 Å². The fraction of sp³-hybridized carbons (Fsp3) is 0.400. The summed E-state index contributed by atoms with van der Waals surface area (Å²) in [4.78, 5) is 14.6. The van der Waals surface area contributed by atoms with Gasteiger partial charge in [0.25, 0.3) is 6.43 Å². The molecule has 0 spiro atoms. The molecule has 0 unspecified atom stereocenters. The predicted octanol–water partition coefficient (Wildman–Crippen LogP) is 2.77. The van der Waals surface area contributed by atoms with E-state index in [0.29, 0.717) is 0 Å². The highest BCUT2D eigenvalue weighted by molar-refractivity contribution is 9.08. The fourth-order valence-corrected chi connectivity index (χ4v) is 1.71. The molecule has 0 saturated heterocycles. The first-order valence-electron chi connectivity index (χ1n) is 4.58. The second-order valence-corrected chi connectivity index (χ2v) is 3.71. The van der Waals surface area contributed by atoms with Crippen LogP contribution in [0.3, 0.4) is 0 Å². The third-order valence-corrected chi connectivity index (χ3v) is 2.64. The van der Waals surface area contributed by atoms with Gasteiger partial charge in [0.05, 0.1) is 24.8 Å². The maximum absolute atomic E-state index is 13.7. The predicted molar refractivity (Wildman–Crippen MR) is 57.5 cm³/mol. The summed E-state index contributed by atoms with van der Waals surface area (Å²) in [5, 5.41) is 0.0160. The van der Waals surface area contributed by atoms with E-state index in [0.717, 1.165) is 13.3 Å². The van der Waals surface area contributed by atoms with E-state index in [-0.39, 0.29) is 16.6 Å². The molecular weight excluding hydrogens is 303 g/mol. The molecule has 7 heteroatoms. The van der Waals surface area contributed by atoms with Gasteiger partial charge in [-0.25, -0.2) is 13.2 Å². The highest BCUT2D eigenvalue weighted by atomic mass is 79.9. The third-order valence-electron chi connectivity index (χ3n) is 2.11. The quantitative estimate of drug-likeness (QED) is 0.634. The van der Waals surface area contributed by atoms with Crippen molar-refractivity contribution in [2.75, 3.05) is 7.11 Å². The van der Waals surface area contributed by atoms with Crippen molar-refractivity contribution in [2.24, 2.45) is 0 Å². The number of carbonyl (C=O) groups is 1. The number of alkyl halides is 3. The molecular formula is C10H9BrF3NO2. The summed E-state index contributed by atoms with van der Waals surface area (Å²) in [6.07, 6.45) is -2.33. The van der Waals surface area contributed by atoms with Gasteiger partial charge in [0.1, 0.15) is 5.82 Å². The minimum atomic E-state index is -2.98.